The van der Waals surface area contributed by atoms with Crippen molar-refractivity contribution in [2.75, 3.05) is 18.8 Å². The van der Waals surface area contributed by atoms with E-state index < -0.39 is 10.0 Å². The van der Waals surface area contributed by atoms with Crippen molar-refractivity contribution < 1.29 is 8.42 Å². The Bertz CT molecular complexity index is 391. The monoisotopic (exact) mass is 258 g/mol. The Hall–Kier alpha value is -0.130. The van der Waals surface area contributed by atoms with E-state index in [0.29, 0.717) is 29.5 Å². The second-order valence-electron chi connectivity index (χ2n) is 6.13. The minimum absolute atomic E-state index is 0.294. The van der Waals surface area contributed by atoms with Crippen LogP contribution in [0.25, 0.3) is 0 Å². The lowest BCUT2D eigenvalue weighted by Crippen LogP contribution is -2.33. The molecule has 5 heteroatoms. The van der Waals surface area contributed by atoms with Crippen LogP contribution >= 0.6 is 0 Å². The quantitative estimate of drug-likeness (QED) is 0.814. The first kappa shape index (κ1) is 11.9. The molecular formula is C12H22N2O2S. The molecule has 3 aliphatic rings. The lowest BCUT2D eigenvalue weighted by atomic mass is 9.79. The fourth-order valence-electron chi connectivity index (χ4n) is 3.34. The van der Waals surface area contributed by atoms with Gasteiger partial charge in [0.15, 0.2) is 0 Å². The third kappa shape index (κ3) is 2.51. The predicted molar refractivity (Wildman–Crippen MR) is 66.9 cm³/mol. The maximum absolute atomic E-state index is 12.2. The molecule has 98 valence electrons. The highest BCUT2D eigenvalue weighted by molar-refractivity contribution is 7.89. The van der Waals surface area contributed by atoms with Crippen LogP contribution in [0.1, 0.15) is 32.1 Å². The zero-order valence-corrected chi connectivity index (χ0v) is 11.0. The van der Waals surface area contributed by atoms with Gasteiger partial charge in [-0.25, -0.2) is 12.7 Å². The van der Waals surface area contributed by atoms with Crippen molar-refractivity contribution in [2.24, 2.45) is 23.5 Å². The summed E-state index contributed by atoms with van der Waals surface area (Å²) in [6.45, 7) is 1.49. The predicted octanol–water partition coefficient (Wildman–Crippen LogP) is 0.785. The molecule has 2 N–H and O–H groups in total. The molecule has 1 saturated heterocycles. The average Bonchev–Trinajstić information content (AvgIpc) is 2.94. The first-order valence-corrected chi connectivity index (χ1v) is 8.39. The lowest BCUT2D eigenvalue weighted by Gasteiger charge is -2.28. The smallest absolute Gasteiger partial charge is 0.214 e. The zero-order valence-electron chi connectivity index (χ0n) is 10.2. The van der Waals surface area contributed by atoms with Crippen LogP contribution in [0.3, 0.4) is 0 Å². The highest BCUT2D eigenvalue weighted by Crippen LogP contribution is 2.38. The third-order valence-corrected chi connectivity index (χ3v) is 6.57. The maximum Gasteiger partial charge on any atom is 0.214 e. The number of hydrogen-bond acceptors (Lipinski definition) is 3. The van der Waals surface area contributed by atoms with E-state index in [2.05, 4.69) is 0 Å². The van der Waals surface area contributed by atoms with E-state index in [1.807, 2.05) is 0 Å². The number of nitrogens with two attached hydrogens (primary N) is 1. The fourth-order valence-corrected chi connectivity index (χ4v) is 5.32. The van der Waals surface area contributed by atoms with Gasteiger partial charge in [-0.2, -0.15) is 0 Å². The number of hydrogen-bond donors (Lipinski definition) is 1. The summed E-state index contributed by atoms with van der Waals surface area (Å²) in [5.41, 5.74) is 5.97. The van der Waals surface area contributed by atoms with Crippen LogP contribution in [0.5, 0.6) is 0 Å². The van der Waals surface area contributed by atoms with Crippen molar-refractivity contribution >= 4 is 10.0 Å². The summed E-state index contributed by atoms with van der Waals surface area (Å²) in [6, 6.07) is 0.294. The summed E-state index contributed by atoms with van der Waals surface area (Å²) in [7, 11) is -2.98. The van der Waals surface area contributed by atoms with E-state index in [4.69, 9.17) is 5.73 Å². The van der Waals surface area contributed by atoms with Crippen LogP contribution in [0, 0.1) is 17.8 Å². The summed E-state index contributed by atoms with van der Waals surface area (Å²) in [6.07, 6.45) is 5.40. The second-order valence-corrected chi connectivity index (χ2v) is 8.15. The highest BCUT2D eigenvalue weighted by Gasteiger charge is 2.42. The van der Waals surface area contributed by atoms with Crippen LogP contribution < -0.4 is 5.73 Å². The molecular weight excluding hydrogens is 236 g/mol. The van der Waals surface area contributed by atoms with Crippen molar-refractivity contribution in [2.45, 2.75) is 38.1 Å². The molecule has 0 amide bonds. The molecule has 3 fully saturated rings. The van der Waals surface area contributed by atoms with Crippen LogP contribution in [0.15, 0.2) is 0 Å². The second kappa shape index (κ2) is 4.21. The van der Waals surface area contributed by atoms with Gasteiger partial charge in [-0.05, 0) is 49.9 Å². The molecule has 1 aliphatic heterocycles. The standard InChI is InChI=1S/C12H22N2O2S/c13-12-4-3-10-6-14(7-11(10)5-12)17(15,16)8-9-1-2-9/h9-12H,1-8,13H2/t10-,11+,12?/m1/s1. The molecule has 0 bridgehead atoms. The summed E-state index contributed by atoms with van der Waals surface area (Å²) in [4.78, 5) is 0. The third-order valence-electron chi connectivity index (χ3n) is 4.59. The Kier molecular flexibility index (Phi) is 2.96. The molecule has 0 spiro atoms. The Labute approximate surface area is 104 Å². The van der Waals surface area contributed by atoms with Gasteiger partial charge in [-0.3, -0.25) is 0 Å². The van der Waals surface area contributed by atoms with Crippen LogP contribution in [-0.2, 0) is 10.0 Å². The normalized spacial score (nSPS) is 39.2. The Balaban J connectivity index is 1.66. The van der Waals surface area contributed by atoms with E-state index >= 15 is 0 Å². The first-order chi connectivity index (χ1) is 8.04. The van der Waals surface area contributed by atoms with Gasteiger partial charge in [0.25, 0.3) is 0 Å². The van der Waals surface area contributed by atoms with E-state index in [-0.39, 0.29) is 0 Å². The molecule has 3 atom stereocenters. The summed E-state index contributed by atoms with van der Waals surface area (Å²) >= 11 is 0. The lowest BCUT2D eigenvalue weighted by molar-refractivity contribution is 0.271. The molecule has 0 aromatic heterocycles. The zero-order chi connectivity index (χ0) is 12.0. The van der Waals surface area contributed by atoms with Gasteiger partial charge in [0.05, 0.1) is 5.75 Å². The molecule has 2 aliphatic carbocycles. The highest BCUT2D eigenvalue weighted by atomic mass is 32.2. The van der Waals surface area contributed by atoms with Gasteiger partial charge in [-0.1, -0.05) is 0 Å². The fraction of sp³-hybridized carbons (Fsp3) is 1.00. The Morgan fingerprint density at radius 2 is 1.76 bits per heavy atom. The largest absolute Gasteiger partial charge is 0.328 e. The van der Waals surface area contributed by atoms with E-state index in [1.54, 1.807) is 4.31 Å². The minimum Gasteiger partial charge on any atom is -0.328 e. The summed E-state index contributed by atoms with van der Waals surface area (Å²) < 4.78 is 26.2. The number of sulfonamides is 1. The molecule has 2 saturated carbocycles. The average molecular weight is 258 g/mol. The molecule has 0 radical (unpaired) electrons. The topological polar surface area (TPSA) is 63.4 Å². The number of rotatable bonds is 3. The van der Waals surface area contributed by atoms with E-state index in [0.717, 1.165) is 45.2 Å². The number of nitrogens with zero attached hydrogens (tertiary/aromatic N) is 1. The van der Waals surface area contributed by atoms with E-state index in [9.17, 15) is 8.42 Å². The van der Waals surface area contributed by atoms with Crippen LogP contribution in [0.2, 0.25) is 0 Å². The molecule has 3 rings (SSSR count). The molecule has 4 nitrogen and oxygen atoms in total. The van der Waals surface area contributed by atoms with Gasteiger partial charge in [0.1, 0.15) is 0 Å². The first-order valence-electron chi connectivity index (χ1n) is 6.78. The van der Waals surface area contributed by atoms with Gasteiger partial charge < -0.3 is 5.73 Å². The Morgan fingerprint density at radius 1 is 1.06 bits per heavy atom. The van der Waals surface area contributed by atoms with Gasteiger partial charge >= 0.3 is 0 Å². The van der Waals surface area contributed by atoms with E-state index in [1.165, 1.54) is 0 Å². The molecule has 0 aromatic rings. The minimum atomic E-state index is -2.98. The maximum atomic E-state index is 12.2. The SMILES string of the molecule is NC1CC[C@@H]2CN(S(=O)(=O)CC3CC3)C[C@@H]2C1. The molecule has 1 heterocycles. The van der Waals surface area contributed by atoms with Gasteiger partial charge in [-0.15, -0.1) is 0 Å². The van der Waals surface area contributed by atoms with Crippen molar-refractivity contribution in [1.82, 2.24) is 4.31 Å². The van der Waals surface area contributed by atoms with Crippen LogP contribution in [0.4, 0.5) is 0 Å². The van der Waals surface area contributed by atoms with Crippen molar-refractivity contribution in [3.63, 3.8) is 0 Å². The molecule has 17 heavy (non-hydrogen) atoms. The number of fused-ring (bicyclic) bond motifs is 1. The molecule has 1 unspecified atom stereocenters. The van der Waals surface area contributed by atoms with Crippen molar-refractivity contribution in [3.8, 4) is 0 Å². The van der Waals surface area contributed by atoms with Crippen LogP contribution in [-0.4, -0.2) is 37.6 Å². The summed E-state index contributed by atoms with van der Waals surface area (Å²) in [5, 5.41) is 0. The van der Waals surface area contributed by atoms with Crippen molar-refractivity contribution in [3.05, 3.63) is 0 Å². The Morgan fingerprint density at radius 3 is 2.47 bits per heavy atom. The van der Waals surface area contributed by atoms with Crippen molar-refractivity contribution in [1.29, 1.82) is 0 Å². The molecule has 0 aromatic carbocycles. The summed E-state index contributed by atoms with van der Waals surface area (Å²) in [5.74, 6) is 1.93. The van der Waals surface area contributed by atoms with Gasteiger partial charge in [0.2, 0.25) is 10.0 Å². The van der Waals surface area contributed by atoms with Gasteiger partial charge in [0, 0.05) is 19.1 Å².